The second-order valence-corrected chi connectivity index (χ2v) is 4.69. The maximum atomic E-state index is 11.8. The van der Waals surface area contributed by atoms with Crippen molar-refractivity contribution in [2.24, 2.45) is 0 Å². The molecule has 84 valence electrons. The van der Waals surface area contributed by atoms with Crippen LogP contribution in [0, 0.1) is 0 Å². The van der Waals surface area contributed by atoms with Gasteiger partial charge in [0.15, 0.2) is 0 Å². The van der Waals surface area contributed by atoms with Gasteiger partial charge in [0.2, 0.25) is 0 Å². The first kappa shape index (κ1) is 9.85. The van der Waals surface area contributed by atoms with Crippen molar-refractivity contribution in [1.29, 1.82) is 0 Å². The van der Waals surface area contributed by atoms with Crippen molar-refractivity contribution in [3.63, 3.8) is 0 Å². The highest BCUT2D eigenvalue weighted by molar-refractivity contribution is 5.92. The summed E-state index contributed by atoms with van der Waals surface area (Å²) in [6, 6.07) is 7.82. The molecule has 2 atom stereocenters. The molecule has 3 rings (SSSR count). The molecule has 0 amide bonds. The van der Waals surface area contributed by atoms with E-state index in [2.05, 4.69) is 18.0 Å². The maximum Gasteiger partial charge on any atom is 0.338 e. The van der Waals surface area contributed by atoms with Crippen LogP contribution in [0.4, 0.5) is 0 Å². The Labute approximate surface area is 95.0 Å². The summed E-state index contributed by atoms with van der Waals surface area (Å²) >= 11 is 0. The van der Waals surface area contributed by atoms with Gasteiger partial charge in [-0.1, -0.05) is 18.2 Å². The van der Waals surface area contributed by atoms with Gasteiger partial charge in [-0.25, -0.2) is 4.79 Å². The lowest BCUT2D eigenvalue weighted by Gasteiger charge is -2.39. The molecule has 0 aliphatic carbocycles. The van der Waals surface area contributed by atoms with Crippen molar-refractivity contribution in [3.05, 3.63) is 35.4 Å². The van der Waals surface area contributed by atoms with Crippen LogP contribution < -0.4 is 0 Å². The molecular weight excluding hydrogens is 202 g/mol. The summed E-state index contributed by atoms with van der Waals surface area (Å²) in [6.45, 7) is 1.99. The van der Waals surface area contributed by atoms with Crippen LogP contribution >= 0.6 is 0 Å². The van der Waals surface area contributed by atoms with E-state index in [1.807, 2.05) is 18.2 Å². The standard InChI is InChI=1S/C13H15NO2/c1-14-7-6-12-11(8-14)9-4-2-3-5-10(9)13(15)16-12/h2-5,11-12H,6-8H2,1H3/t11-,12+/m0/s1. The lowest BCUT2D eigenvalue weighted by Crippen LogP contribution is -2.44. The Kier molecular flexibility index (Phi) is 2.21. The fourth-order valence-electron chi connectivity index (χ4n) is 2.74. The van der Waals surface area contributed by atoms with E-state index >= 15 is 0 Å². The van der Waals surface area contributed by atoms with Crippen molar-refractivity contribution in [1.82, 2.24) is 4.90 Å². The van der Waals surface area contributed by atoms with Gasteiger partial charge >= 0.3 is 5.97 Å². The molecule has 3 heteroatoms. The smallest absolute Gasteiger partial charge is 0.338 e. The molecule has 2 aliphatic heterocycles. The number of benzene rings is 1. The highest BCUT2D eigenvalue weighted by Gasteiger charge is 2.38. The van der Waals surface area contributed by atoms with Crippen LogP contribution in [0.15, 0.2) is 24.3 Å². The van der Waals surface area contributed by atoms with Gasteiger partial charge in [-0.05, 0) is 25.1 Å². The molecule has 1 saturated heterocycles. The number of nitrogens with zero attached hydrogens (tertiary/aromatic N) is 1. The lowest BCUT2D eigenvalue weighted by atomic mass is 9.83. The van der Waals surface area contributed by atoms with Gasteiger partial charge in [-0.3, -0.25) is 0 Å². The van der Waals surface area contributed by atoms with Crippen molar-refractivity contribution < 1.29 is 9.53 Å². The van der Waals surface area contributed by atoms with Gasteiger partial charge < -0.3 is 9.64 Å². The summed E-state index contributed by atoms with van der Waals surface area (Å²) in [7, 11) is 2.12. The minimum atomic E-state index is -0.151. The summed E-state index contributed by atoms with van der Waals surface area (Å²) in [4.78, 5) is 14.1. The third-order valence-electron chi connectivity index (χ3n) is 3.59. The fraction of sp³-hybridized carbons (Fsp3) is 0.462. The van der Waals surface area contributed by atoms with Crippen molar-refractivity contribution in [2.45, 2.75) is 18.4 Å². The lowest BCUT2D eigenvalue weighted by molar-refractivity contribution is -0.00180. The van der Waals surface area contributed by atoms with Gasteiger partial charge in [0.1, 0.15) is 6.10 Å². The minimum absolute atomic E-state index is 0.0820. The van der Waals surface area contributed by atoms with Gasteiger partial charge in [0.05, 0.1) is 5.56 Å². The van der Waals surface area contributed by atoms with Gasteiger partial charge in [0, 0.05) is 19.0 Å². The first-order valence-electron chi connectivity index (χ1n) is 5.74. The predicted octanol–water partition coefficient (Wildman–Crippen LogP) is 1.64. The minimum Gasteiger partial charge on any atom is -0.458 e. The second-order valence-electron chi connectivity index (χ2n) is 4.69. The Morgan fingerprint density at radius 1 is 1.38 bits per heavy atom. The van der Waals surface area contributed by atoms with E-state index in [-0.39, 0.29) is 12.1 Å². The SMILES string of the molecule is CN1CC[C@H]2OC(=O)c3ccccc3[C@@H]2C1. The number of carbonyl (C=O) groups is 1. The highest BCUT2D eigenvalue weighted by Crippen LogP contribution is 2.35. The monoisotopic (exact) mass is 217 g/mol. The van der Waals surface area contributed by atoms with E-state index in [0.29, 0.717) is 5.92 Å². The van der Waals surface area contributed by atoms with Crippen LogP contribution in [0.3, 0.4) is 0 Å². The normalized spacial score (nSPS) is 29.2. The average molecular weight is 217 g/mol. The quantitative estimate of drug-likeness (QED) is 0.619. The first-order chi connectivity index (χ1) is 7.75. The van der Waals surface area contributed by atoms with E-state index in [9.17, 15) is 4.79 Å². The van der Waals surface area contributed by atoms with Gasteiger partial charge in [-0.15, -0.1) is 0 Å². The number of esters is 1. The molecule has 0 N–H and O–H groups in total. The van der Waals surface area contributed by atoms with Crippen molar-refractivity contribution in [3.8, 4) is 0 Å². The number of ether oxygens (including phenoxy) is 1. The molecule has 2 aliphatic rings. The highest BCUT2D eigenvalue weighted by atomic mass is 16.5. The molecule has 2 heterocycles. The zero-order valence-electron chi connectivity index (χ0n) is 9.35. The summed E-state index contributed by atoms with van der Waals surface area (Å²) in [6.07, 6.45) is 1.03. The van der Waals surface area contributed by atoms with Crippen LogP contribution in [-0.2, 0) is 4.74 Å². The predicted molar refractivity (Wildman–Crippen MR) is 60.5 cm³/mol. The zero-order chi connectivity index (χ0) is 11.1. The number of rotatable bonds is 0. The molecule has 0 bridgehead atoms. The summed E-state index contributed by atoms with van der Waals surface area (Å²) in [5.74, 6) is 0.203. The van der Waals surface area contributed by atoms with Crippen LogP contribution in [-0.4, -0.2) is 37.1 Å². The Morgan fingerprint density at radius 2 is 2.19 bits per heavy atom. The van der Waals surface area contributed by atoms with E-state index in [1.54, 1.807) is 0 Å². The van der Waals surface area contributed by atoms with Crippen LogP contribution in [0.1, 0.15) is 28.3 Å². The van der Waals surface area contributed by atoms with E-state index < -0.39 is 0 Å². The molecule has 0 aromatic heterocycles. The molecule has 1 aromatic carbocycles. The average Bonchev–Trinajstić information content (AvgIpc) is 2.31. The molecular formula is C13H15NO2. The van der Waals surface area contributed by atoms with Crippen LogP contribution in [0.5, 0.6) is 0 Å². The molecule has 1 fully saturated rings. The number of likely N-dealkylation sites (N-methyl/N-ethyl adjacent to an activating group) is 1. The van der Waals surface area contributed by atoms with Gasteiger partial charge in [0.25, 0.3) is 0 Å². The van der Waals surface area contributed by atoms with E-state index in [0.717, 1.165) is 30.6 Å². The van der Waals surface area contributed by atoms with Crippen LogP contribution in [0.25, 0.3) is 0 Å². The Hall–Kier alpha value is -1.35. The largest absolute Gasteiger partial charge is 0.458 e. The molecule has 3 nitrogen and oxygen atoms in total. The topological polar surface area (TPSA) is 29.5 Å². The van der Waals surface area contributed by atoms with Crippen molar-refractivity contribution in [2.75, 3.05) is 20.1 Å². The molecule has 1 aromatic rings. The summed E-state index contributed by atoms with van der Waals surface area (Å²) < 4.78 is 5.50. The third kappa shape index (κ3) is 1.43. The number of hydrogen-bond donors (Lipinski definition) is 0. The number of hydrogen-bond acceptors (Lipinski definition) is 3. The first-order valence-corrected chi connectivity index (χ1v) is 5.74. The molecule has 0 radical (unpaired) electrons. The number of likely N-dealkylation sites (tertiary alicyclic amines) is 1. The molecule has 16 heavy (non-hydrogen) atoms. The number of piperidine rings is 1. The van der Waals surface area contributed by atoms with Crippen molar-refractivity contribution >= 4 is 5.97 Å². The van der Waals surface area contributed by atoms with E-state index in [1.165, 1.54) is 0 Å². The maximum absolute atomic E-state index is 11.8. The second kappa shape index (κ2) is 3.59. The number of carbonyl (C=O) groups excluding carboxylic acids is 1. The third-order valence-corrected chi connectivity index (χ3v) is 3.59. The fourth-order valence-corrected chi connectivity index (χ4v) is 2.74. The molecule has 0 saturated carbocycles. The Balaban J connectivity index is 2.04. The van der Waals surface area contributed by atoms with Crippen LogP contribution in [0.2, 0.25) is 0 Å². The Bertz CT molecular complexity index is 430. The zero-order valence-corrected chi connectivity index (χ0v) is 9.35. The molecule has 0 unspecified atom stereocenters. The summed E-state index contributed by atoms with van der Waals surface area (Å²) in [5, 5.41) is 0. The Morgan fingerprint density at radius 3 is 3.06 bits per heavy atom. The van der Waals surface area contributed by atoms with Gasteiger partial charge in [-0.2, -0.15) is 0 Å². The summed E-state index contributed by atoms with van der Waals surface area (Å²) in [5.41, 5.74) is 1.91. The number of fused-ring (bicyclic) bond motifs is 3. The molecule has 0 spiro atoms. The van der Waals surface area contributed by atoms with E-state index in [4.69, 9.17) is 4.74 Å².